The number of rotatable bonds is 9. The minimum absolute atomic E-state index is 0.0307. The van der Waals surface area contributed by atoms with E-state index in [-0.39, 0.29) is 33.9 Å². The van der Waals surface area contributed by atoms with Crippen molar-refractivity contribution in [2.75, 3.05) is 45.9 Å². The van der Waals surface area contributed by atoms with Crippen LogP contribution < -0.4 is 5.32 Å². The number of hydrogen-bond donors (Lipinski definition) is 1. The first-order chi connectivity index (χ1) is 14.9. The van der Waals surface area contributed by atoms with Gasteiger partial charge in [-0.15, -0.1) is 0 Å². The molecule has 0 radical (unpaired) electrons. The zero-order chi connectivity index (χ0) is 22.3. The maximum atomic E-state index is 13.3. The van der Waals surface area contributed by atoms with Crippen molar-refractivity contribution in [2.45, 2.75) is 11.4 Å². The summed E-state index contributed by atoms with van der Waals surface area (Å²) in [4.78, 5) is 14.7. The molecule has 0 unspecified atom stereocenters. The minimum Gasteiger partial charge on any atom is -0.379 e. The number of halogens is 2. The number of benzene rings is 2. The van der Waals surface area contributed by atoms with Gasteiger partial charge in [0.05, 0.1) is 24.8 Å². The van der Waals surface area contributed by atoms with E-state index >= 15 is 0 Å². The average Bonchev–Trinajstić information content (AvgIpc) is 2.76. The van der Waals surface area contributed by atoms with Gasteiger partial charge >= 0.3 is 0 Å². The van der Waals surface area contributed by atoms with Crippen molar-refractivity contribution in [1.82, 2.24) is 14.5 Å². The Morgan fingerprint density at radius 1 is 1.10 bits per heavy atom. The molecule has 0 spiro atoms. The third kappa shape index (κ3) is 6.90. The van der Waals surface area contributed by atoms with Gasteiger partial charge in [-0.3, -0.25) is 9.69 Å². The van der Waals surface area contributed by atoms with Crippen molar-refractivity contribution in [3.63, 3.8) is 0 Å². The third-order valence-corrected chi connectivity index (χ3v) is 7.40. The normalized spacial score (nSPS) is 15.2. The Morgan fingerprint density at radius 2 is 1.81 bits per heavy atom. The number of carbonyl (C=O) groups is 1. The van der Waals surface area contributed by atoms with Gasteiger partial charge in [-0.2, -0.15) is 4.31 Å². The van der Waals surface area contributed by atoms with Gasteiger partial charge in [-0.25, -0.2) is 8.42 Å². The summed E-state index contributed by atoms with van der Waals surface area (Å²) in [5.74, 6) is -0.383. The number of amides is 1. The minimum atomic E-state index is -4.06. The predicted octanol–water partition coefficient (Wildman–Crippen LogP) is 2.63. The van der Waals surface area contributed by atoms with E-state index < -0.39 is 10.0 Å². The van der Waals surface area contributed by atoms with Crippen molar-refractivity contribution >= 4 is 39.1 Å². The second-order valence-corrected chi connectivity index (χ2v) is 9.89. The summed E-state index contributed by atoms with van der Waals surface area (Å²) < 4.78 is 33.1. The Kier molecular flexibility index (Phi) is 8.71. The third-order valence-electron chi connectivity index (χ3n) is 4.89. The lowest BCUT2D eigenvalue weighted by molar-refractivity contribution is -0.121. The van der Waals surface area contributed by atoms with Gasteiger partial charge in [0.1, 0.15) is 4.90 Å². The molecule has 2 aromatic carbocycles. The van der Waals surface area contributed by atoms with Crippen LogP contribution >= 0.6 is 23.2 Å². The lowest BCUT2D eigenvalue weighted by Crippen LogP contribution is -2.44. The summed E-state index contributed by atoms with van der Waals surface area (Å²) in [6.07, 6.45) is 0. The van der Waals surface area contributed by atoms with Gasteiger partial charge in [0.2, 0.25) is 15.9 Å². The molecule has 1 amide bonds. The average molecular weight is 486 g/mol. The maximum Gasteiger partial charge on any atom is 0.245 e. The Hall–Kier alpha value is -1.68. The summed E-state index contributed by atoms with van der Waals surface area (Å²) >= 11 is 12.2. The zero-order valence-corrected chi connectivity index (χ0v) is 19.3. The summed E-state index contributed by atoms with van der Waals surface area (Å²) in [6.45, 7) is 3.80. The van der Waals surface area contributed by atoms with E-state index in [2.05, 4.69) is 10.2 Å². The Morgan fingerprint density at radius 3 is 2.52 bits per heavy atom. The van der Waals surface area contributed by atoms with Crippen LogP contribution in [-0.4, -0.2) is 69.5 Å². The first-order valence-corrected chi connectivity index (χ1v) is 12.1. The maximum absolute atomic E-state index is 13.3. The molecule has 1 saturated heterocycles. The first kappa shape index (κ1) is 24.0. The first-order valence-electron chi connectivity index (χ1n) is 9.92. The van der Waals surface area contributed by atoms with Gasteiger partial charge in [0, 0.05) is 37.7 Å². The monoisotopic (exact) mass is 485 g/mol. The molecule has 168 valence electrons. The van der Waals surface area contributed by atoms with Crippen LogP contribution in [0.3, 0.4) is 0 Å². The highest BCUT2D eigenvalue weighted by Gasteiger charge is 2.29. The molecule has 3 rings (SSSR count). The number of nitrogens with zero attached hydrogens (tertiary/aromatic N) is 2. The Balaban J connectivity index is 1.73. The van der Waals surface area contributed by atoms with Gasteiger partial charge in [-0.05, 0) is 23.8 Å². The molecule has 7 nitrogen and oxygen atoms in total. The zero-order valence-electron chi connectivity index (χ0n) is 17.0. The topological polar surface area (TPSA) is 79.0 Å². The fourth-order valence-electron chi connectivity index (χ4n) is 3.22. The van der Waals surface area contributed by atoms with Crippen molar-refractivity contribution in [2.24, 2.45) is 0 Å². The molecular formula is C21H25Cl2N3O4S. The van der Waals surface area contributed by atoms with E-state index in [1.54, 1.807) is 12.1 Å². The SMILES string of the molecule is O=C(CN(Cc1ccccc1)S(=O)(=O)c1cc(Cl)ccc1Cl)NCCN1CCOCC1. The molecule has 10 heteroatoms. The highest BCUT2D eigenvalue weighted by Crippen LogP contribution is 2.28. The van der Waals surface area contributed by atoms with Crippen LogP contribution in [-0.2, 0) is 26.1 Å². The van der Waals surface area contributed by atoms with Crippen molar-refractivity contribution < 1.29 is 17.9 Å². The van der Waals surface area contributed by atoms with Gasteiger partial charge in [0.15, 0.2) is 0 Å². The number of carbonyl (C=O) groups excluding carboxylic acids is 1. The molecule has 0 atom stereocenters. The molecule has 0 bridgehead atoms. The largest absolute Gasteiger partial charge is 0.379 e. The van der Waals surface area contributed by atoms with E-state index in [0.717, 1.165) is 23.0 Å². The second-order valence-electron chi connectivity index (χ2n) is 7.14. The van der Waals surface area contributed by atoms with E-state index in [4.69, 9.17) is 27.9 Å². The van der Waals surface area contributed by atoms with Crippen LogP contribution in [0.15, 0.2) is 53.4 Å². The molecule has 2 aromatic rings. The molecule has 0 saturated carbocycles. The van der Waals surface area contributed by atoms with Crippen molar-refractivity contribution in [1.29, 1.82) is 0 Å². The van der Waals surface area contributed by atoms with Gasteiger partial charge in [0.25, 0.3) is 0 Å². The second kappa shape index (κ2) is 11.3. The molecule has 31 heavy (non-hydrogen) atoms. The molecule has 1 aliphatic rings. The molecule has 1 fully saturated rings. The highest BCUT2D eigenvalue weighted by molar-refractivity contribution is 7.89. The smallest absolute Gasteiger partial charge is 0.245 e. The lowest BCUT2D eigenvalue weighted by atomic mass is 10.2. The van der Waals surface area contributed by atoms with Crippen LogP contribution in [0.4, 0.5) is 0 Å². The molecule has 1 heterocycles. The van der Waals surface area contributed by atoms with Crippen LogP contribution in [0.5, 0.6) is 0 Å². The number of nitrogens with one attached hydrogen (secondary N) is 1. The summed E-state index contributed by atoms with van der Waals surface area (Å²) in [6, 6.07) is 13.3. The number of sulfonamides is 1. The van der Waals surface area contributed by atoms with Crippen molar-refractivity contribution in [3.05, 3.63) is 64.1 Å². The van der Waals surface area contributed by atoms with Crippen LogP contribution in [0, 0.1) is 0 Å². The summed E-state index contributed by atoms with van der Waals surface area (Å²) in [7, 11) is -4.06. The molecule has 1 aliphatic heterocycles. The standard InChI is InChI=1S/C21H25Cl2N3O4S/c22-18-6-7-19(23)20(14-18)31(28,29)26(15-17-4-2-1-3-5-17)16-21(27)24-8-9-25-10-12-30-13-11-25/h1-7,14H,8-13,15-16H2,(H,24,27). The van der Waals surface area contributed by atoms with Crippen LogP contribution in [0.2, 0.25) is 10.0 Å². The number of ether oxygens (including phenoxy) is 1. The molecule has 1 N–H and O–H groups in total. The van der Waals surface area contributed by atoms with E-state index in [1.807, 2.05) is 18.2 Å². The van der Waals surface area contributed by atoms with Gasteiger partial charge in [-0.1, -0.05) is 53.5 Å². The van der Waals surface area contributed by atoms with E-state index in [0.29, 0.717) is 26.3 Å². The fourth-order valence-corrected chi connectivity index (χ4v) is 5.34. The molecular weight excluding hydrogens is 461 g/mol. The number of hydrogen-bond acceptors (Lipinski definition) is 5. The highest BCUT2D eigenvalue weighted by atomic mass is 35.5. The van der Waals surface area contributed by atoms with Gasteiger partial charge < -0.3 is 10.1 Å². The number of morpholine rings is 1. The van der Waals surface area contributed by atoms with E-state index in [9.17, 15) is 13.2 Å². The molecule has 0 aromatic heterocycles. The fraction of sp³-hybridized carbons (Fsp3) is 0.381. The predicted molar refractivity (Wildman–Crippen MR) is 121 cm³/mol. The lowest BCUT2D eigenvalue weighted by Gasteiger charge is -2.27. The van der Waals surface area contributed by atoms with E-state index in [1.165, 1.54) is 18.2 Å². The van der Waals surface area contributed by atoms with Crippen LogP contribution in [0.25, 0.3) is 0 Å². The van der Waals surface area contributed by atoms with Crippen LogP contribution in [0.1, 0.15) is 5.56 Å². The Labute approximate surface area is 192 Å². The summed E-state index contributed by atoms with van der Waals surface area (Å²) in [5, 5.41) is 3.11. The van der Waals surface area contributed by atoms with Crippen molar-refractivity contribution in [3.8, 4) is 0 Å². The molecule has 0 aliphatic carbocycles. The summed E-state index contributed by atoms with van der Waals surface area (Å²) in [5.41, 5.74) is 0.755. The Bertz CT molecular complexity index is 983. The quantitative estimate of drug-likeness (QED) is 0.590.